The second kappa shape index (κ2) is 4.39. The molecule has 0 saturated heterocycles. The van der Waals surface area contributed by atoms with Gasteiger partial charge in [0.1, 0.15) is 0 Å². The maximum absolute atomic E-state index is 11.5. The fourth-order valence-electron chi connectivity index (χ4n) is 2.66. The Hall–Kier alpha value is -2.36. The number of carboxylic acids is 1. The highest BCUT2D eigenvalue weighted by Crippen LogP contribution is 2.34. The topological polar surface area (TPSA) is 76.2 Å². The first kappa shape index (κ1) is 11.7. The summed E-state index contributed by atoms with van der Waals surface area (Å²) in [4.78, 5) is 16.0. The highest BCUT2D eigenvalue weighted by atomic mass is 16.4. The molecule has 19 heavy (non-hydrogen) atoms. The zero-order chi connectivity index (χ0) is 13.4. The van der Waals surface area contributed by atoms with Crippen molar-refractivity contribution in [2.45, 2.75) is 19.3 Å². The molecule has 4 heteroatoms. The minimum absolute atomic E-state index is 0.237. The Balaban J connectivity index is 2.28. The number of aromatic nitrogens is 1. The molecule has 3 N–H and O–H groups in total. The van der Waals surface area contributed by atoms with Crippen LogP contribution < -0.4 is 5.73 Å². The molecule has 0 saturated carbocycles. The van der Waals surface area contributed by atoms with E-state index in [9.17, 15) is 9.90 Å². The third-order valence-corrected chi connectivity index (χ3v) is 3.52. The lowest BCUT2D eigenvalue weighted by Crippen LogP contribution is -2.10. The number of hydrogen-bond acceptors (Lipinski definition) is 3. The molecule has 1 aliphatic rings. The van der Waals surface area contributed by atoms with Gasteiger partial charge in [-0.25, -0.2) is 4.79 Å². The number of benzene rings is 1. The van der Waals surface area contributed by atoms with Crippen LogP contribution in [0.15, 0.2) is 30.3 Å². The number of hydrogen-bond donors (Lipinski definition) is 2. The van der Waals surface area contributed by atoms with Gasteiger partial charge in [-0.05, 0) is 24.8 Å². The summed E-state index contributed by atoms with van der Waals surface area (Å²) in [7, 11) is 0. The number of fused-ring (bicyclic) bond motifs is 1. The number of pyridine rings is 1. The lowest BCUT2D eigenvalue weighted by atomic mass is 10.0. The van der Waals surface area contributed by atoms with Crippen LogP contribution in [-0.2, 0) is 12.8 Å². The summed E-state index contributed by atoms with van der Waals surface area (Å²) in [5, 5.41) is 9.39. The monoisotopic (exact) mass is 254 g/mol. The highest BCUT2D eigenvalue weighted by molar-refractivity contribution is 5.99. The molecule has 3 rings (SSSR count). The molecule has 0 spiro atoms. The lowest BCUT2D eigenvalue weighted by Gasteiger charge is -2.12. The maximum atomic E-state index is 11.5. The van der Waals surface area contributed by atoms with Crippen LogP contribution in [0.25, 0.3) is 11.3 Å². The Labute approximate surface area is 110 Å². The van der Waals surface area contributed by atoms with Gasteiger partial charge in [-0.2, -0.15) is 0 Å². The van der Waals surface area contributed by atoms with E-state index in [1.165, 1.54) is 0 Å². The predicted molar refractivity (Wildman–Crippen MR) is 73.1 cm³/mol. The van der Waals surface area contributed by atoms with Crippen LogP contribution in [0.4, 0.5) is 5.69 Å². The van der Waals surface area contributed by atoms with Crippen molar-refractivity contribution in [2.24, 2.45) is 0 Å². The van der Waals surface area contributed by atoms with Crippen molar-refractivity contribution in [3.63, 3.8) is 0 Å². The Bertz CT molecular complexity index is 651. The zero-order valence-corrected chi connectivity index (χ0v) is 10.4. The van der Waals surface area contributed by atoms with Gasteiger partial charge >= 0.3 is 5.97 Å². The molecule has 1 heterocycles. The SMILES string of the molecule is Nc1c(-c2ccccc2)nc2c(c1C(=O)O)CCC2. The average molecular weight is 254 g/mol. The maximum Gasteiger partial charge on any atom is 0.338 e. The van der Waals surface area contributed by atoms with E-state index in [1.807, 2.05) is 30.3 Å². The Morgan fingerprint density at radius 1 is 1.21 bits per heavy atom. The summed E-state index contributed by atoms with van der Waals surface area (Å²) in [6, 6.07) is 9.48. The third kappa shape index (κ3) is 1.85. The zero-order valence-electron chi connectivity index (χ0n) is 10.4. The average Bonchev–Trinajstić information content (AvgIpc) is 2.86. The smallest absolute Gasteiger partial charge is 0.338 e. The molecular weight excluding hydrogens is 240 g/mol. The molecular formula is C15H14N2O2. The van der Waals surface area contributed by atoms with Gasteiger partial charge in [-0.15, -0.1) is 0 Å². The van der Waals surface area contributed by atoms with Gasteiger partial charge in [-0.1, -0.05) is 30.3 Å². The van der Waals surface area contributed by atoms with Crippen molar-refractivity contribution in [2.75, 3.05) is 5.73 Å². The summed E-state index contributed by atoms with van der Waals surface area (Å²) >= 11 is 0. The quantitative estimate of drug-likeness (QED) is 0.863. The Morgan fingerprint density at radius 3 is 2.63 bits per heavy atom. The second-order valence-corrected chi connectivity index (χ2v) is 4.70. The van der Waals surface area contributed by atoms with Crippen molar-refractivity contribution in [1.29, 1.82) is 0 Å². The van der Waals surface area contributed by atoms with Gasteiger partial charge < -0.3 is 10.8 Å². The molecule has 0 aliphatic heterocycles. The summed E-state index contributed by atoms with van der Waals surface area (Å²) in [5.74, 6) is -0.963. The molecule has 1 aliphatic carbocycles. The standard InChI is InChI=1S/C15H14N2O2/c16-13-12(15(18)19)10-7-4-8-11(10)17-14(13)9-5-2-1-3-6-9/h1-3,5-6H,4,7-8,16H2,(H,18,19). The minimum Gasteiger partial charge on any atom is -0.478 e. The van der Waals surface area contributed by atoms with Crippen LogP contribution >= 0.6 is 0 Å². The lowest BCUT2D eigenvalue weighted by molar-refractivity contribution is 0.0697. The van der Waals surface area contributed by atoms with E-state index in [0.29, 0.717) is 5.69 Å². The molecule has 2 aromatic rings. The van der Waals surface area contributed by atoms with E-state index in [-0.39, 0.29) is 11.3 Å². The van der Waals surface area contributed by atoms with Crippen LogP contribution in [0.3, 0.4) is 0 Å². The van der Waals surface area contributed by atoms with Gasteiger partial charge in [0.2, 0.25) is 0 Å². The van der Waals surface area contributed by atoms with Gasteiger partial charge in [-0.3, -0.25) is 4.98 Å². The van der Waals surface area contributed by atoms with E-state index in [4.69, 9.17) is 5.73 Å². The van der Waals surface area contributed by atoms with E-state index in [0.717, 1.165) is 36.1 Å². The first-order valence-electron chi connectivity index (χ1n) is 6.28. The summed E-state index contributed by atoms with van der Waals surface area (Å²) < 4.78 is 0. The summed E-state index contributed by atoms with van der Waals surface area (Å²) in [6.45, 7) is 0. The predicted octanol–water partition coefficient (Wildman–Crippen LogP) is 2.52. The van der Waals surface area contributed by atoms with Gasteiger partial charge in [0.05, 0.1) is 16.9 Å². The highest BCUT2D eigenvalue weighted by Gasteiger charge is 2.25. The van der Waals surface area contributed by atoms with Gasteiger partial charge in [0.15, 0.2) is 0 Å². The van der Waals surface area contributed by atoms with Crippen LogP contribution in [-0.4, -0.2) is 16.1 Å². The second-order valence-electron chi connectivity index (χ2n) is 4.70. The number of carboxylic acid groups (broad SMARTS) is 1. The number of anilines is 1. The van der Waals surface area contributed by atoms with Crippen LogP contribution in [0, 0.1) is 0 Å². The van der Waals surface area contributed by atoms with Crippen molar-refractivity contribution in [1.82, 2.24) is 4.98 Å². The normalized spacial score (nSPS) is 13.3. The van der Waals surface area contributed by atoms with Crippen LogP contribution in [0.5, 0.6) is 0 Å². The van der Waals surface area contributed by atoms with Crippen molar-refractivity contribution in [3.8, 4) is 11.3 Å². The fourth-order valence-corrected chi connectivity index (χ4v) is 2.66. The van der Waals surface area contributed by atoms with Crippen molar-refractivity contribution in [3.05, 3.63) is 47.2 Å². The Morgan fingerprint density at radius 2 is 1.95 bits per heavy atom. The van der Waals surface area contributed by atoms with E-state index in [2.05, 4.69) is 4.98 Å². The van der Waals surface area contributed by atoms with Crippen molar-refractivity contribution >= 4 is 11.7 Å². The summed E-state index contributed by atoms with van der Waals surface area (Å²) in [6.07, 6.45) is 2.53. The van der Waals surface area contributed by atoms with Gasteiger partial charge in [0.25, 0.3) is 0 Å². The molecule has 1 aromatic heterocycles. The molecule has 0 fully saturated rings. The number of nitrogens with zero attached hydrogens (tertiary/aromatic N) is 1. The number of aryl methyl sites for hydroxylation is 1. The molecule has 4 nitrogen and oxygen atoms in total. The molecule has 0 bridgehead atoms. The fraction of sp³-hybridized carbons (Fsp3) is 0.200. The number of aromatic carboxylic acids is 1. The third-order valence-electron chi connectivity index (χ3n) is 3.52. The molecule has 0 amide bonds. The molecule has 1 aromatic carbocycles. The number of rotatable bonds is 2. The van der Waals surface area contributed by atoms with E-state index < -0.39 is 5.97 Å². The molecule has 96 valence electrons. The largest absolute Gasteiger partial charge is 0.478 e. The molecule has 0 atom stereocenters. The first-order chi connectivity index (χ1) is 9.18. The van der Waals surface area contributed by atoms with Crippen LogP contribution in [0.2, 0.25) is 0 Å². The summed E-state index contributed by atoms with van der Waals surface area (Å²) in [5.41, 5.74) is 9.69. The van der Waals surface area contributed by atoms with Crippen molar-refractivity contribution < 1.29 is 9.90 Å². The minimum atomic E-state index is -0.963. The number of nitrogen functional groups attached to an aromatic ring is 1. The van der Waals surface area contributed by atoms with E-state index in [1.54, 1.807) is 0 Å². The van der Waals surface area contributed by atoms with E-state index >= 15 is 0 Å². The Kier molecular flexibility index (Phi) is 2.71. The van der Waals surface area contributed by atoms with Crippen LogP contribution in [0.1, 0.15) is 28.0 Å². The van der Waals surface area contributed by atoms with Gasteiger partial charge in [0, 0.05) is 11.3 Å². The first-order valence-corrected chi connectivity index (χ1v) is 6.28. The molecule has 0 radical (unpaired) electrons. The molecule has 0 unspecified atom stereocenters. The number of carbonyl (C=O) groups is 1. The number of nitrogens with two attached hydrogens (primary N) is 1.